The topological polar surface area (TPSA) is 51.7 Å². The van der Waals surface area contributed by atoms with Gasteiger partial charge in [0, 0.05) is 63.0 Å². The van der Waals surface area contributed by atoms with Gasteiger partial charge < -0.3 is 10.2 Å². The molecule has 2 fully saturated rings. The largest absolute Gasteiger partial charge is 0.355 e. The van der Waals surface area contributed by atoms with Crippen LogP contribution in [0.2, 0.25) is 5.02 Å². The Hall–Kier alpha value is -1.74. The van der Waals surface area contributed by atoms with Crippen molar-refractivity contribution in [1.82, 2.24) is 20.1 Å². The Labute approximate surface area is 209 Å². The molecule has 0 unspecified atom stereocenters. The predicted octanol–water partition coefficient (Wildman–Crippen LogP) is 4.42. The molecule has 1 amide bonds. The van der Waals surface area contributed by atoms with Crippen molar-refractivity contribution in [2.45, 2.75) is 38.4 Å². The van der Waals surface area contributed by atoms with Crippen LogP contribution in [-0.4, -0.2) is 72.5 Å². The molecule has 4 rings (SSSR count). The van der Waals surface area contributed by atoms with Gasteiger partial charge in [-0.1, -0.05) is 33.6 Å². The van der Waals surface area contributed by atoms with Crippen LogP contribution < -0.4 is 10.2 Å². The van der Waals surface area contributed by atoms with E-state index in [1.54, 1.807) is 19.3 Å². The van der Waals surface area contributed by atoms with Gasteiger partial charge in [-0.2, -0.15) is 0 Å². The molecule has 1 aromatic heterocycles. The van der Waals surface area contributed by atoms with Gasteiger partial charge in [0.25, 0.3) is 5.91 Å². The minimum atomic E-state index is -0.191. The number of carbonyl (C=O) groups excluding carboxylic acids is 1. The van der Waals surface area contributed by atoms with Crippen LogP contribution in [0.1, 0.15) is 37.1 Å². The fourth-order valence-electron chi connectivity index (χ4n) is 4.94. The summed E-state index contributed by atoms with van der Waals surface area (Å²) in [5, 5.41) is 3.10. The number of piperidine rings is 1. The van der Waals surface area contributed by atoms with Crippen molar-refractivity contribution in [1.29, 1.82) is 0 Å². The van der Waals surface area contributed by atoms with Crippen LogP contribution in [0.3, 0.4) is 0 Å². The maximum absolute atomic E-state index is 14.2. The summed E-state index contributed by atoms with van der Waals surface area (Å²) in [5.41, 5.74) is 1.22. The Balaban J connectivity index is 0.00000324. The van der Waals surface area contributed by atoms with Crippen molar-refractivity contribution in [2.24, 2.45) is 0 Å². The SMILES string of the molecule is CNC(=O)c1cnc(N2CCN(C3CCN(Cc4ccc(Br)cc4F)CC3)[C@@H](C)C2)c(Cl)c1.[HH]. The molecule has 180 valence electrons. The summed E-state index contributed by atoms with van der Waals surface area (Å²) in [5.74, 6) is 0.400. The van der Waals surface area contributed by atoms with Crippen LogP contribution in [0.25, 0.3) is 0 Å². The van der Waals surface area contributed by atoms with E-state index in [2.05, 4.69) is 47.9 Å². The van der Waals surface area contributed by atoms with Gasteiger partial charge in [-0.15, -0.1) is 0 Å². The molecule has 2 aliphatic rings. The average Bonchev–Trinajstić information content (AvgIpc) is 2.81. The Morgan fingerprint density at radius 3 is 2.67 bits per heavy atom. The first-order valence-corrected chi connectivity index (χ1v) is 12.6. The number of likely N-dealkylation sites (tertiary alicyclic amines) is 1. The second-order valence-electron chi connectivity index (χ2n) is 8.88. The Bertz CT molecular complexity index is 1010. The number of hydrogen-bond acceptors (Lipinski definition) is 5. The van der Waals surface area contributed by atoms with Gasteiger partial charge in [0.15, 0.2) is 0 Å². The number of piperazine rings is 1. The second kappa shape index (κ2) is 10.7. The molecular formula is C24H32BrClFN5O. The van der Waals surface area contributed by atoms with Gasteiger partial charge in [0.1, 0.15) is 11.6 Å². The Morgan fingerprint density at radius 2 is 2.03 bits per heavy atom. The van der Waals surface area contributed by atoms with Crippen LogP contribution in [0.4, 0.5) is 10.2 Å². The zero-order valence-electron chi connectivity index (χ0n) is 19.0. The minimum absolute atomic E-state index is 0. The number of hydrogen-bond donors (Lipinski definition) is 1. The maximum atomic E-state index is 14.2. The number of anilines is 1. The first-order chi connectivity index (χ1) is 15.9. The Morgan fingerprint density at radius 1 is 1.27 bits per heavy atom. The molecule has 2 saturated heterocycles. The minimum Gasteiger partial charge on any atom is -0.355 e. The summed E-state index contributed by atoms with van der Waals surface area (Å²) in [6, 6.07) is 7.90. The lowest BCUT2D eigenvalue weighted by Crippen LogP contribution is -2.57. The first-order valence-electron chi connectivity index (χ1n) is 11.4. The van der Waals surface area contributed by atoms with E-state index in [1.165, 1.54) is 6.07 Å². The van der Waals surface area contributed by atoms with Gasteiger partial charge in [0.05, 0.1) is 10.6 Å². The van der Waals surface area contributed by atoms with Crippen molar-refractivity contribution >= 4 is 39.3 Å². The summed E-state index contributed by atoms with van der Waals surface area (Å²) in [7, 11) is 1.59. The highest BCUT2D eigenvalue weighted by molar-refractivity contribution is 9.10. The Kier molecular flexibility index (Phi) is 7.89. The number of rotatable bonds is 5. The normalized spacial score (nSPS) is 20.8. The lowest BCUT2D eigenvalue weighted by atomic mass is 9.99. The third-order valence-electron chi connectivity index (χ3n) is 6.72. The van der Waals surface area contributed by atoms with E-state index in [-0.39, 0.29) is 13.2 Å². The highest BCUT2D eigenvalue weighted by atomic mass is 79.9. The molecule has 0 spiro atoms. The molecule has 6 nitrogen and oxygen atoms in total. The third kappa shape index (κ3) is 5.67. The fourth-order valence-corrected chi connectivity index (χ4v) is 5.56. The van der Waals surface area contributed by atoms with Crippen LogP contribution in [0.15, 0.2) is 34.9 Å². The van der Waals surface area contributed by atoms with Crippen molar-refractivity contribution in [3.8, 4) is 0 Å². The summed E-state index contributed by atoms with van der Waals surface area (Å²) < 4.78 is 15.0. The van der Waals surface area contributed by atoms with Crippen molar-refractivity contribution < 1.29 is 10.6 Å². The van der Waals surface area contributed by atoms with E-state index in [9.17, 15) is 9.18 Å². The fraction of sp³-hybridized carbons (Fsp3) is 0.500. The molecule has 2 aliphatic heterocycles. The van der Waals surface area contributed by atoms with Crippen molar-refractivity contribution in [2.75, 3.05) is 44.7 Å². The lowest BCUT2D eigenvalue weighted by Gasteiger charge is -2.47. The standard InChI is InChI=1S/C24H30BrClFN5O.H2/c1-16-14-31(23-21(26)11-18(13-29-23)24(33)28-2)9-10-32(16)20-5-7-30(8-6-20)15-17-3-4-19(25)12-22(17)27;/h3-4,11-13,16,20H,5-10,14-15H2,1-2H3,(H,28,33);1H/t16-;/m0./s1. The summed E-state index contributed by atoms with van der Waals surface area (Å²) in [4.78, 5) is 23.5. The van der Waals surface area contributed by atoms with E-state index < -0.39 is 0 Å². The monoisotopic (exact) mass is 539 g/mol. The molecular weight excluding hydrogens is 509 g/mol. The van der Waals surface area contributed by atoms with E-state index in [0.29, 0.717) is 29.2 Å². The molecule has 0 radical (unpaired) electrons. The number of nitrogens with one attached hydrogen (secondary N) is 1. The van der Waals surface area contributed by atoms with E-state index in [1.807, 2.05) is 12.1 Å². The first kappa shape index (κ1) is 24.4. The molecule has 1 atom stereocenters. The van der Waals surface area contributed by atoms with Gasteiger partial charge in [0.2, 0.25) is 0 Å². The maximum Gasteiger partial charge on any atom is 0.252 e. The van der Waals surface area contributed by atoms with Crippen LogP contribution in [0.5, 0.6) is 0 Å². The van der Waals surface area contributed by atoms with E-state index in [4.69, 9.17) is 11.6 Å². The van der Waals surface area contributed by atoms with Gasteiger partial charge in [-0.05, 0) is 51.1 Å². The zero-order chi connectivity index (χ0) is 23.5. The number of pyridine rings is 1. The van der Waals surface area contributed by atoms with Gasteiger partial charge >= 0.3 is 0 Å². The zero-order valence-corrected chi connectivity index (χ0v) is 21.4. The number of benzene rings is 1. The summed E-state index contributed by atoms with van der Waals surface area (Å²) in [6.07, 6.45) is 3.76. The van der Waals surface area contributed by atoms with Gasteiger partial charge in [-0.3, -0.25) is 14.6 Å². The highest BCUT2D eigenvalue weighted by Crippen LogP contribution is 2.29. The predicted molar refractivity (Wildman–Crippen MR) is 136 cm³/mol. The van der Waals surface area contributed by atoms with Crippen LogP contribution in [-0.2, 0) is 6.54 Å². The number of nitrogens with zero attached hydrogens (tertiary/aromatic N) is 4. The molecule has 0 bridgehead atoms. The molecule has 2 aromatic rings. The molecule has 0 aliphatic carbocycles. The van der Waals surface area contributed by atoms with Crippen molar-refractivity contribution in [3.05, 3.63) is 56.9 Å². The van der Waals surface area contributed by atoms with Gasteiger partial charge in [-0.25, -0.2) is 9.37 Å². The molecule has 3 heterocycles. The van der Waals surface area contributed by atoms with Crippen LogP contribution >= 0.6 is 27.5 Å². The number of aromatic nitrogens is 1. The second-order valence-corrected chi connectivity index (χ2v) is 10.2. The molecule has 1 N–H and O–H groups in total. The quantitative estimate of drug-likeness (QED) is 0.609. The number of amides is 1. The van der Waals surface area contributed by atoms with Crippen LogP contribution in [0, 0.1) is 5.82 Å². The van der Waals surface area contributed by atoms with E-state index >= 15 is 0 Å². The average molecular weight is 541 g/mol. The summed E-state index contributed by atoms with van der Waals surface area (Å²) in [6.45, 7) is 7.50. The third-order valence-corrected chi connectivity index (χ3v) is 7.50. The number of halogens is 3. The molecule has 33 heavy (non-hydrogen) atoms. The summed E-state index contributed by atoms with van der Waals surface area (Å²) >= 11 is 9.79. The molecule has 9 heteroatoms. The number of carbonyl (C=O) groups is 1. The smallest absolute Gasteiger partial charge is 0.252 e. The van der Waals surface area contributed by atoms with Crippen molar-refractivity contribution in [3.63, 3.8) is 0 Å². The van der Waals surface area contributed by atoms with E-state index in [0.717, 1.165) is 61.4 Å². The molecule has 0 saturated carbocycles. The molecule has 1 aromatic carbocycles. The highest BCUT2D eigenvalue weighted by Gasteiger charge is 2.32. The lowest BCUT2D eigenvalue weighted by molar-refractivity contribution is 0.0687.